The quantitative estimate of drug-likeness (QED) is 0.623. The zero-order valence-electron chi connectivity index (χ0n) is 12.5. The molecule has 112 valence electrons. The Labute approximate surface area is 135 Å². The number of nitrogens with zero attached hydrogens (tertiary/aromatic N) is 2. The van der Waals surface area contributed by atoms with Crippen LogP contribution in [0.2, 0.25) is 0 Å². The van der Waals surface area contributed by atoms with Crippen LogP contribution in [0.5, 0.6) is 0 Å². The highest BCUT2D eigenvalue weighted by Gasteiger charge is 2.12. The third kappa shape index (κ3) is 3.77. The summed E-state index contributed by atoms with van der Waals surface area (Å²) in [6, 6.07) is 6.37. The summed E-state index contributed by atoms with van der Waals surface area (Å²) in [6.45, 7) is 6.30. The van der Waals surface area contributed by atoms with Gasteiger partial charge in [-0.3, -0.25) is 4.68 Å². The number of thiocarbonyl (C=S) groups is 1. The van der Waals surface area contributed by atoms with Crippen molar-refractivity contribution in [2.24, 2.45) is 5.73 Å². The Kier molecular flexibility index (Phi) is 5.25. The van der Waals surface area contributed by atoms with Crippen LogP contribution in [0.1, 0.15) is 32.4 Å². The van der Waals surface area contributed by atoms with Crippen molar-refractivity contribution in [1.29, 1.82) is 0 Å². The summed E-state index contributed by atoms with van der Waals surface area (Å²) in [4.78, 5) is 1.51. The summed E-state index contributed by atoms with van der Waals surface area (Å²) in [7, 11) is 0. The maximum Gasteiger partial charge on any atom is 0.107 e. The Morgan fingerprint density at radius 1 is 1.48 bits per heavy atom. The van der Waals surface area contributed by atoms with Gasteiger partial charge in [0.05, 0.1) is 11.9 Å². The van der Waals surface area contributed by atoms with Crippen molar-refractivity contribution in [1.82, 2.24) is 9.78 Å². The molecule has 0 aliphatic heterocycles. The fourth-order valence-corrected chi connectivity index (χ4v) is 3.14. The third-order valence-corrected chi connectivity index (χ3v) is 4.13. The van der Waals surface area contributed by atoms with E-state index in [0.717, 1.165) is 27.6 Å². The molecule has 4 nitrogen and oxygen atoms in total. The molecule has 0 saturated heterocycles. The second kappa shape index (κ2) is 6.95. The van der Waals surface area contributed by atoms with Gasteiger partial charge in [-0.15, -0.1) is 11.8 Å². The molecular formula is C15H20N4S2. The Morgan fingerprint density at radius 2 is 2.24 bits per heavy atom. The van der Waals surface area contributed by atoms with Crippen LogP contribution in [-0.2, 0) is 0 Å². The number of aromatic nitrogens is 2. The molecule has 0 amide bonds. The van der Waals surface area contributed by atoms with Gasteiger partial charge in [-0.1, -0.05) is 25.2 Å². The van der Waals surface area contributed by atoms with Gasteiger partial charge in [-0.05, 0) is 31.7 Å². The Bertz CT molecular complexity index is 634. The van der Waals surface area contributed by atoms with E-state index in [9.17, 15) is 0 Å². The summed E-state index contributed by atoms with van der Waals surface area (Å²) in [5.41, 5.74) is 8.66. The van der Waals surface area contributed by atoms with Gasteiger partial charge in [-0.2, -0.15) is 5.10 Å². The first-order chi connectivity index (χ1) is 10.0. The number of anilines is 2. The van der Waals surface area contributed by atoms with Crippen LogP contribution in [0.25, 0.3) is 0 Å². The Hall–Kier alpha value is -1.53. The van der Waals surface area contributed by atoms with E-state index in [4.69, 9.17) is 18.0 Å². The van der Waals surface area contributed by atoms with Crippen LogP contribution in [0, 0.1) is 0 Å². The van der Waals surface area contributed by atoms with Gasteiger partial charge in [0.15, 0.2) is 0 Å². The zero-order chi connectivity index (χ0) is 15.4. The van der Waals surface area contributed by atoms with Crippen LogP contribution >= 0.6 is 24.0 Å². The molecule has 0 spiro atoms. The van der Waals surface area contributed by atoms with E-state index < -0.39 is 0 Å². The lowest BCUT2D eigenvalue weighted by molar-refractivity contribution is 0.532. The Balaban J connectivity index is 2.34. The topological polar surface area (TPSA) is 55.9 Å². The first-order valence-corrected chi connectivity index (χ1v) is 8.29. The maximum absolute atomic E-state index is 5.91. The van der Waals surface area contributed by atoms with Crippen LogP contribution in [0.3, 0.4) is 0 Å². The minimum Gasteiger partial charge on any atom is -0.389 e. The van der Waals surface area contributed by atoms with Crippen LogP contribution in [0.4, 0.5) is 11.4 Å². The molecule has 0 aliphatic rings. The van der Waals surface area contributed by atoms with E-state index in [1.807, 2.05) is 35.3 Å². The molecular weight excluding hydrogens is 300 g/mol. The molecule has 0 radical (unpaired) electrons. The highest BCUT2D eigenvalue weighted by atomic mass is 32.2. The molecule has 0 atom stereocenters. The lowest BCUT2D eigenvalue weighted by atomic mass is 10.1. The van der Waals surface area contributed by atoms with Gasteiger partial charge in [0.25, 0.3) is 0 Å². The molecule has 2 aromatic rings. The number of rotatable bonds is 6. The van der Waals surface area contributed by atoms with Gasteiger partial charge in [0.1, 0.15) is 4.99 Å². The molecule has 3 N–H and O–H groups in total. The molecule has 21 heavy (non-hydrogen) atoms. The minimum absolute atomic E-state index is 0.331. The first kappa shape index (κ1) is 15.9. The average Bonchev–Trinajstić information content (AvgIpc) is 2.87. The average molecular weight is 320 g/mol. The van der Waals surface area contributed by atoms with Gasteiger partial charge < -0.3 is 11.1 Å². The number of nitrogens with two attached hydrogens (primary N) is 1. The predicted molar refractivity (Wildman–Crippen MR) is 94.6 cm³/mol. The van der Waals surface area contributed by atoms with Crippen molar-refractivity contribution in [2.45, 2.75) is 31.7 Å². The van der Waals surface area contributed by atoms with Gasteiger partial charge in [-0.25, -0.2) is 0 Å². The molecule has 1 aromatic heterocycles. The van der Waals surface area contributed by atoms with E-state index >= 15 is 0 Å². The highest BCUT2D eigenvalue weighted by molar-refractivity contribution is 7.99. The van der Waals surface area contributed by atoms with Crippen LogP contribution < -0.4 is 11.1 Å². The lowest BCUT2D eigenvalue weighted by Crippen LogP contribution is -2.13. The third-order valence-electron chi connectivity index (χ3n) is 2.98. The van der Waals surface area contributed by atoms with Crippen molar-refractivity contribution in [2.75, 3.05) is 11.1 Å². The van der Waals surface area contributed by atoms with Gasteiger partial charge in [0, 0.05) is 28.4 Å². The monoisotopic (exact) mass is 320 g/mol. The van der Waals surface area contributed by atoms with Crippen LogP contribution in [0.15, 0.2) is 35.5 Å². The molecule has 0 saturated carbocycles. The summed E-state index contributed by atoms with van der Waals surface area (Å²) >= 11 is 6.95. The Morgan fingerprint density at radius 3 is 2.81 bits per heavy atom. The van der Waals surface area contributed by atoms with E-state index in [-0.39, 0.29) is 0 Å². The van der Waals surface area contributed by atoms with E-state index in [2.05, 4.69) is 31.2 Å². The van der Waals surface area contributed by atoms with Gasteiger partial charge in [0.2, 0.25) is 0 Å². The predicted octanol–water partition coefficient (Wildman–Crippen LogP) is 3.95. The van der Waals surface area contributed by atoms with E-state index in [0.29, 0.717) is 11.0 Å². The molecule has 0 bridgehead atoms. The number of hydrogen-bond donors (Lipinski definition) is 2. The standard InChI is InChI=1S/C15H20N4S2/c1-4-21-13-7-5-6-12(14(13)15(16)20)18-11-8-17-19(9-11)10(2)3/h5-10,18H,4H2,1-3H3,(H2,16,20). The molecule has 1 heterocycles. The van der Waals surface area contributed by atoms with Crippen molar-refractivity contribution < 1.29 is 0 Å². The molecule has 0 fully saturated rings. The fourth-order valence-electron chi connectivity index (χ4n) is 2.01. The summed E-state index contributed by atoms with van der Waals surface area (Å²) in [5.74, 6) is 0.977. The highest BCUT2D eigenvalue weighted by Crippen LogP contribution is 2.30. The first-order valence-electron chi connectivity index (χ1n) is 6.89. The molecule has 1 aromatic carbocycles. The largest absolute Gasteiger partial charge is 0.389 e. The number of benzene rings is 1. The number of nitrogens with one attached hydrogen (secondary N) is 1. The van der Waals surface area contributed by atoms with Crippen molar-refractivity contribution in [3.63, 3.8) is 0 Å². The molecule has 0 unspecified atom stereocenters. The van der Waals surface area contributed by atoms with E-state index in [1.165, 1.54) is 0 Å². The van der Waals surface area contributed by atoms with Crippen molar-refractivity contribution in [3.05, 3.63) is 36.2 Å². The lowest BCUT2D eigenvalue weighted by Gasteiger charge is -2.13. The normalized spacial score (nSPS) is 10.9. The van der Waals surface area contributed by atoms with Gasteiger partial charge >= 0.3 is 0 Å². The summed E-state index contributed by atoms with van der Waals surface area (Å²) in [6.07, 6.45) is 3.79. The molecule has 0 aliphatic carbocycles. The fraction of sp³-hybridized carbons (Fsp3) is 0.333. The smallest absolute Gasteiger partial charge is 0.107 e. The maximum atomic E-state index is 5.91. The molecule has 6 heteroatoms. The van der Waals surface area contributed by atoms with Crippen molar-refractivity contribution >= 4 is 40.3 Å². The number of hydrogen-bond acceptors (Lipinski definition) is 4. The molecule has 2 rings (SSSR count). The summed E-state index contributed by atoms with van der Waals surface area (Å²) in [5, 5.41) is 7.69. The second-order valence-electron chi connectivity index (χ2n) is 4.90. The second-order valence-corrected chi connectivity index (χ2v) is 6.65. The summed E-state index contributed by atoms with van der Waals surface area (Å²) < 4.78 is 1.91. The minimum atomic E-state index is 0.331. The van der Waals surface area contributed by atoms with Crippen molar-refractivity contribution in [3.8, 4) is 0 Å². The zero-order valence-corrected chi connectivity index (χ0v) is 14.1. The van der Waals surface area contributed by atoms with Crippen LogP contribution in [-0.4, -0.2) is 20.5 Å². The van der Waals surface area contributed by atoms with E-state index in [1.54, 1.807) is 11.8 Å². The SMILES string of the molecule is CCSc1cccc(Nc2cnn(C(C)C)c2)c1C(N)=S. The number of thioether (sulfide) groups is 1.